The second kappa shape index (κ2) is 11.0. The summed E-state index contributed by atoms with van der Waals surface area (Å²) < 4.78 is 0. The van der Waals surface area contributed by atoms with Crippen LogP contribution in [0.5, 0.6) is 0 Å². The van der Waals surface area contributed by atoms with Gasteiger partial charge in [-0.25, -0.2) is 0 Å². The number of rotatable bonds is 7. The van der Waals surface area contributed by atoms with E-state index in [0.29, 0.717) is 12.5 Å². The predicted molar refractivity (Wildman–Crippen MR) is 119 cm³/mol. The smallest absolute Gasteiger partial charge is 0.223 e. The lowest BCUT2D eigenvalue weighted by Crippen LogP contribution is -2.43. The van der Waals surface area contributed by atoms with Gasteiger partial charge in [-0.2, -0.15) is 0 Å². The average molecular weight is 488 g/mol. The van der Waals surface area contributed by atoms with Crippen molar-refractivity contribution in [1.29, 1.82) is 0 Å². The number of halogens is 1. The molecular weight excluding hydrogens is 459 g/mol. The van der Waals surface area contributed by atoms with E-state index in [1.807, 2.05) is 18.8 Å². The van der Waals surface area contributed by atoms with Gasteiger partial charge in [-0.3, -0.25) is 9.79 Å². The molecule has 0 spiro atoms. The van der Waals surface area contributed by atoms with Crippen LogP contribution in [0.4, 0.5) is 0 Å². The van der Waals surface area contributed by atoms with Crippen LogP contribution in [0.1, 0.15) is 19.3 Å². The zero-order chi connectivity index (χ0) is 17.5. The van der Waals surface area contributed by atoms with E-state index < -0.39 is 0 Å². The summed E-state index contributed by atoms with van der Waals surface area (Å²) in [4.78, 5) is 19.7. The van der Waals surface area contributed by atoms with Gasteiger partial charge in [0, 0.05) is 49.8 Å². The van der Waals surface area contributed by atoms with Crippen LogP contribution in [-0.2, 0) is 4.79 Å². The number of guanidine groups is 1. The highest BCUT2D eigenvalue weighted by Crippen LogP contribution is 2.28. The number of aliphatic imine (C=N–C) groups is 1. The molecule has 1 amide bonds. The van der Waals surface area contributed by atoms with Crippen molar-refractivity contribution in [2.24, 2.45) is 16.8 Å². The number of carbonyl (C=O) groups is 1. The van der Waals surface area contributed by atoms with Crippen LogP contribution < -0.4 is 10.6 Å². The number of carbonyl (C=O) groups excluding carboxylic acids is 1. The fourth-order valence-electron chi connectivity index (χ4n) is 3.07. The number of nitrogens with one attached hydrogen (secondary N) is 2. The maximum absolute atomic E-state index is 11.6. The van der Waals surface area contributed by atoms with Gasteiger partial charge in [0.15, 0.2) is 5.96 Å². The number of thioether (sulfide) groups is 1. The Bertz CT molecular complexity index is 594. The Labute approximate surface area is 177 Å². The summed E-state index contributed by atoms with van der Waals surface area (Å²) in [5.74, 6) is 3.28. The molecule has 1 saturated carbocycles. The highest BCUT2D eigenvalue weighted by Gasteiger charge is 2.29. The summed E-state index contributed by atoms with van der Waals surface area (Å²) >= 11 is 1.94. The number of nitrogens with zero attached hydrogens (tertiary/aromatic N) is 2. The number of benzene rings is 1. The van der Waals surface area contributed by atoms with Crippen molar-refractivity contribution in [3.63, 3.8) is 0 Å². The van der Waals surface area contributed by atoms with Crippen molar-refractivity contribution >= 4 is 47.6 Å². The summed E-state index contributed by atoms with van der Waals surface area (Å²) in [6.45, 7) is 3.49. The zero-order valence-electron chi connectivity index (χ0n) is 15.3. The van der Waals surface area contributed by atoms with E-state index in [-0.39, 0.29) is 35.8 Å². The molecule has 2 N–H and O–H groups in total. The number of amides is 1. The molecule has 1 saturated heterocycles. The average Bonchev–Trinajstić information content (AvgIpc) is 3.40. The van der Waals surface area contributed by atoms with Crippen molar-refractivity contribution in [3.8, 4) is 0 Å². The van der Waals surface area contributed by atoms with Crippen molar-refractivity contribution in [3.05, 3.63) is 30.3 Å². The van der Waals surface area contributed by atoms with Crippen LogP contribution in [0.25, 0.3) is 0 Å². The Morgan fingerprint density at radius 2 is 1.92 bits per heavy atom. The van der Waals surface area contributed by atoms with E-state index in [1.165, 1.54) is 11.3 Å². The minimum Gasteiger partial charge on any atom is -0.354 e. The van der Waals surface area contributed by atoms with Crippen LogP contribution in [0.15, 0.2) is 40.2 Å². The Morgan fingerprint density at radius 1 is 1.19 bits per heavy atom. The zero-order valence-corrected chi connectivity index (χ0v) is 18.5. The van der Waals surface area contributed by atoms with Crippen LogP contribution >= 0.6 is 35.7 Å². The molecular formula is C19H29IN4OS. The first kappa shape index (κ1) is 21.3. The van der Waals surface area contributed by atoms with Crippen LogP contribution in [0.2, 0.25) is 0 Å². The van der Waals surface area contributed by atoms with E-state index in [1.54, 1.807) is 0 Å². The number of hydrogen-bond donors (Lipinski definition) is 2. The summed E-state index contributed by atoms with van der Waals surface area (Å²) in [5, 5.41) is 6.36. The lowest BCUT2D eigenvalue weighted by atomic mass is 10.2. The quantitative estimate of drug-likeness (QED) is 0.204. The number of hydrogen-bond acceptors (Lipinski definition) is 3. The van der Waals surface area contributed by atoms with Gasteiger partial charge in [0.05, 0.1) is 0 Å². The first-order valence-electron chi connectivity index (χ1n) is 9.17. The topological polar surface area (TPSA) is 56.7 Å². The fraction of sp³-hybridized carbons (Fsp3) is 0.579. The Balaban J connectivity index is 0.00000243. The molecule has 0 bridgehead atoms. The SMILES string of the molecule is CN=C(NCCNC(=O)C1CC1)N1CCC(CSc2ccccc2)C1.I. The van der Waals surface area contributed by atoms with E-state index in [4.69, 9.17) is 0 Å². The van der Waals surface area contributed by atoms with Gasteiger partial charge in [0.2, 0.25) is 5.91 Å². The molecule has 0 aromatic heterocycles. The molecule has 1 aliphatic carbocycles. The van der Waals surface area contributed by atoms with Crippen LogP contribution in [-0.4, -0.2) is 55.7 Å². The molecule has 2 fully saturated rings. The predicted octanol–water partition coefficient (Wildman–Crippen LogP) is 2.82. The van der Waals surface area contributed by atoms with Crippen molar-refractivity contribution in [2.45, 2.75) is 24.2 Å². The molecule has 1 unspecified atom stereocenters. The molecule has 7 heteroatoms. The van der Waals surface area contributed by atoms with Gasteiger partial charge in [-0.1, -0.05) is 18.2 Å². The number of likely N-dealkylation sites (tertiary alicyclic amines) is 1. The van der Waals surface area contributed by atoms with Gasteiger partial charge in [-0.05, 0) is 37.3 Å². The summed E-state index contributed by atoms with van der Waals surface area (Å²) in [5.41, 5.74) is 0. The molecule has 5 nitrogen and oxygen atoms in total. The minimum atomic E-state index is 0. The molecule has 0 radical (unpaired) electrons. The van der Waals surface area contributed by atoms with Gasteiger partial charge in [-0.15, -0.1) is 35.7 Å². The van der Waals surface area contributed by atoms with Gasteiger partial charge < -0.3 is 15.5 Å². The summed E-state index contributed by atoms with van der Waals surface area (Å²) in [6.07, 6.45) is 3.31. The first-order chi connectivity index (χ1) is 12.3. The van der Waals surface area contributed by atoms with E-state index in [2.05, 4.69) is 50.9 Å². The molecule has 1 aromatic carbocycles. The second-order valence-electron chi connectivity index (χ2n) is 6.76. The third kappa shape index (κ3) is 6.64. The van der Waals surface area contributed by atoms with Crippen LogP contribution in [0, 0.1) is 11.8 Å². The highest BCUT2D eigenvalue weighted by atomic mass is 127. The van der Waals surface area contributed by atoms with Crippen molar-refractivity contribution in [2.75, 3.05) is 39.0 Å². The van der Waals surface area contributed by atoms with E-state index in [9.17, 15) is 4.79 Å². The van der Waals surface area contributed by atoms with Gasteiger partial charge >= 0.3 is 0 Å². The second-order valence-corrected chi connectivity index (χ2v) is 7.86. The fourth-order valence-corrected chi connectivity index (χ4v) is 4.12. The van der Waals surface area contributed by atoms with Crippen molar-refractivity contribution < 1.29 is 4.79 Å². The summed E-state index contributed by atoms with van der Waals surface area (Å²) in [6, 6.07) is 10.6. The molecule has 1 aromatic rings. The maximum Gasteiger partial charge on any atom is 0.223 e. The third-order valence-corrected chi connectivity index (χ3v) is 5.93. The van der Waals surface area contributed by atoms with Gasteiger partial charge in [0.1, 0.15) is 0 Å². The molecule has 1 aliphatic heterocycles. The van der Waals surface area contributed by atoms with Gasteiger partial charge in [0.25, 0.3) is 0 Å². The third-order valence-electron chi connectivity index (χ3n) is 4.68. The highest BCUT2D eigenvalue weighted by molar-refractivity contribution is 14.0. The Kier molecular flexibility index (Phi) is 9.04. The molecule has 1 atom stereocenters. The molecule has 26 heavy (non-hydrogen) atoms. The monoisotopic (exact) mass is 488 g/mol. The van der Waals surface area contributed by atoms with Crippen LogP contribution in [0.3, 0.4) is 0 Å². The Morgan fingerprint density at radius 3 is 2.62 bits per heavy atom. The Hall–Kier alpha value is -0.960. The molecule has 1 heterocycles. The molecule has 3 rings (SSSR count). The van der Waals surface area contributed by atoms with E-state index >= 15 is 0 Å². The molecule has 2 aliphatic rings. The first-order valence-corrected chi connectivity index (χ1v) is 10.2. The van der Waals surface area contributed by atoms with E-state index in [0.717, 1.165) is 44.2 Å². The summed E-state index contributed by atoms with van der Waals surface area (Å²) in [7, 11) is 1.83. The lowest BCUT2D eigenvalue weighted by Gasteiger charge is -2.21. The maximum atomic E-state index is 11.6. The minimum absolute atomic E-state index is 0. The largest absolute Gasteiger partial charge is 0.354 e. The lowest BCUT2D eigenvalue weighted by molar-refractivity contribution is -0.122. The standard InChI is InChI=1S/C19H28N4OS.HI/c1-20-19(22-11-10-21-18(24)16-7-8-16)23-12-9-15(13-23)14-25-17-5-3-2-4-6-17;/h2-6,15-16H,7-14H2,1H3,(H,20,22)(H,21,24);1H. The van der Waals surface area contributed by atoms with Crippen molar-refractivity contribution in [1.82, 2.24) is 15.5 Å². The normalized spacial score (nSPS) is 19.8. The molecule has 144 valence electrons.